The van der Waals surface area contributed by atoms with Gasteiger partial charge in [-0.1, -0.05) is 20.3 Å². The maximum Gasteiger partial charge on any atom is 0.329 e. The average molecular weight is 271 g/mol. The van der Waals surface area contributed by atoms with E-state index in [1.54, 1.807) is 0 Å². The molecule has 1 nitrogen and oxygen atoms in total. The van der Waals surface area contributed by atoms with Crippen LogP contribution in [-0.4, -0.2) is 15.5 Å². The van der Waals surface area contributed by atoms with Crippen LogP contribution in [0.5, 0.6) is 0 Å². The summed E-state index contributed by atoms with van der Waals surface area (Å²) >= 11 is 2.29. The molecule has 0 aromatic heterocycles. The lowest BCUT2D eigenvalue weighted by Gasteiger charge is -2.40. The molecule has 14 heavy (non-hydrogen) atoms. The average Bonchev–Trinajstić information content (AvgIpc) is 2.02. The summed E-state index contributed by atoms with van der Waals surface area (Å²) in [6.45, 7) is 4.03. The van der Waals surface area contributed by atoms with E-state index in [-0.39, 0.29) is 18.8 Å². The maximum absolute atomic E-state index is 13.1. The fourth-order valence-electron chi connectivity index (χ4n) is 2.12. The predicted molar refractivity (Wildman–Crippen MR) is 55.6 cm³/mol. The third kappa shape index (κ3) is 2.45. The largest absolute Gasteiger partial charge is 0.383 e. The maximum atomic E-state index is 13.1. The highest BCUT2D eigenvalue weighted by atomic mass is 79.9. The molecule has 0 spiro atoms. The summed E-state index contributed by atoms with van der Waals surface area (Å²) in [7, 11) is 0. The second-order valence-corrected chi connectivity index (χ2v) is 5.63. The van der Waals surface area contributed by atoms with E-state index in [9.17, 15) is 13.9 Å². The van der Waals surface area contributed by atoms with E-state index in [1.165, 1.54) is 0 Å². The zero-order chi connectivity index (χ0) is 11.0. The summed E-state index contributed by atoms with van der Waals surface area (Å²) in [6, 6.07) is 0. The number of hydrogen-bond donors (Lipinski definition) is 1. The highest BCUT2D eigenvalue weighted by molar-refractivity contribution is 9.10. The SMILES string of the molecule is CC(C)C1CCCC(O)(C(F)(F)Br)C1. The summed E-state index contributed by atoms with van der Waals surface area (Å²) in [5.41, 5.74) is -1.85. The van der Waals surface area contributed by atoms with Gasteiger partial charge in [0.1, 0.15) is 5.60 Å². The molecule has 0 bridgehead atoms. The molecule has 0 radical (unpaired) electrons. The van der Waals surface area contributed by atoms with Crippen molar-refractivity contribution in [3.05, 3.63) is 0 Å². The standard InChI is InChI=1S/C10H17BrF2O/c1-7(2)8-4-3-5-9(14,6-8)10(11,12)13/h7-8,14H,3-6H2,1-2H3. The predicted octanol–water partition coefficient (Wildman–Crippen LogP) is 3.55. The van der Waals surface area contributed by atoms with Crippen molar-refractivity contribution in [3.8, 4) is 0 Å². The quantitative estimate of drug-likeness (QED) is 0.761. The van der Waals surface area contributed by atoms with Gasteiger partial charge in [0.05, 0.1) is 0 Å². The van der Waals surface area contributed by atoms with Crippen LogP contribution in [0.1, 0.15) is 39.5 Å². The van der Waals surface area contributed by atoms with Crippen LogP contribution in [0.3, 0.4) is 0 Å². The molecule has 84 valence electrons. The molecule has 0 aliphatic heterocycles. The number of hydrogen-bond acceptors (Lipinski definition) is 1. The number of alkyl halides is 3. The highest BCUT2D eigenvalue weighted by Crippen LogP contribution is 2.47. The van der Waals surface area contributed by atoms with Crippen molar-refractivity contribution in [1.29, 1.82) is 0 Å². The van der Waals surface area contributed by atoms with Gasteiger partial charge in [-0.3, -0.25) is 0 Å². The Morgan fingerprint density at radius 2 is 2.07 bits per heavy atom. The molecule has 0 amide bonds. The third-order valence-corrected chi connectivity index (χ3v) is 3.97. The van der Waals surface area contributed by atoms with Crippen LogP contribution >= 0.6 is 15.9 Å². The van der Waals surface area contributed by atoms with E-state index in [1.807, 2.05) is 13.8 Å². The Bertz CT molecular complexity index is 203. The minimum atomic E-state index is -3.16. The molecule has 0 saturated heterocycles. The Morgan fingerprint density at radius 3 is 2.50 bits per heavy atom. The molecule has 1 saturated carbocycles. The van der Waals surface area contributed by atoms with E-state index in [2.05, 4.69) is 15.9 Å². The smallest absolute Gasteiger partial charge is 0.329 e. The fourth-order valence-corrected chi connectivity index (χ4v) is 2.48. The zero-order valence-electron chi connectivity index (χ0n) is 8.56. The summed E-state index contributed by atoms with van der Waals surface area (Å²) in [5, 5.41) is 9.83. The van der Waals surface area contributed by atoms with Gasteiger partial charge in [-0.15, -0.1) is 0 Å². The highest BCUT2D eigenvalue weighted by Gasteiger charge is 2.52. The molecule has 2 atom stereocenters. The zero-order valence-corrected chi connectivity index (χ0v) is 10.2. The number of aliphatic hydroxyl groups is 1. The molecule has 0 aromatic carbocycles. The van der Waals surface area contributed by atoms with Crippen molar-refractivity contribution >= 4 is 15.9 Å². The van der Waals surface area contributed by atoms with Crippen LogP contribution in [-0.2, 0) is 0 Å². The van der Waals surface area contributed by atoms with Crippen molar-refractivity contribution in [2.45, 2.75) is 50.0 Å². The fraction of sp³-hybridized carbons (Fsp3) is 1.00. The molecule has 1 rings (SSSR count). The molecule has 1 aliphatic carbocycles. The van der Waals surface area contributed by atoms with Gasteiger partial charge in [0.15, 0.2) is 0 Å². The first kappa shape index (κ1) is 12.4. The van der Waals surface area contributed by atoms with E-state index in [4.69, 9.17) is 0 Å². The van der Waals surface area contributed by atoms with Crippen LogP contribution in [0.2, 0.25) is 0 Å². The van der Waals surface area contributed by atoms with Gasteiger partial charge in [-0.25, -0.2) is 0 Å². The Hall–Kier alpha value is 0.300. The summed E-state index contributed by atoms with van der Waals surface area (Å²) < 4.78 is 26.2. The van der Waals surface area contributed by atoms with Crippen LogP contribution < -0.4 is 0 Å². The lowest BCUT2D eigenvalue weighted by atomic mass is 9.74. The third-order valence-electron chi connectivity index (χ3n) is 3.24. The van der Waals surface area contributed by atoms with E-state index >= 15 is 0 Å². The van der Waals surface area contributed by atoms with Gasteiger partial charge in [0.25, 0.3) is 0 Å². The Labute approximate surface area is 92.0 Å². The molecular weight excluding hydrogens is 254 g/mol. The van der Waals surface area contributed by atoms with Crippen molar-refractivity contribution in [1.82, 2.24) is 0 Å². The first-order valence-corrected chi connectivity index (χ1v) is 5.85. The van der Waals surface area contributed by atoms with Gasteiger partial charge in [0.2, 0.25) is 0 Å². The monoisotopic (exact) mass is 270 g/mol. The number of rotatable bonds is 2. The van der Waals surface area contributed by atoms with Crippen molar-refractivity contribution < 1.29 is 13.9 Å². The molecule has 1 fully saturated rings. The van der Waals surface area contributed by atoms with Gasteiger partial charge in [-0.2, -0.15) is 8.78 Å². The minimum Gasteiger partial charge on any atom is -0.383 e. The van der Waals surface area contributed by atoms with Crippen LogP contribution in [0.25, 0.3) is 0 Å². The first-order chi connectivity index (χ1) is 6.26. The Morgan fingerprint density at radius 1 is 1.50 bits per heavy atom. The summed E-state index contributed by atoms with van der Waals surface area (Å²) in [6.07, 6.45) is 2.01. The van der Waals surface area contributed by atoms with Crippen molar-refractivity contribution in [2.24, 2.45) is 11.8 Å². The number of halogens is 3. The normalized spacial score (nSPS) is 34.9. The van der Waals surface area contributed by atoms with Crippen LogP contribution in [0.4, 0.5) is 8.78 Å². The topological polar surface area (TPSA) is 20.2 Å². The van der Waals surface area contributed by atoms with Crippen molar-refractivity contribution in [2.75, 3.05) is 0 Å². The van der Waals surface area contributed by atoms with Gasteiger partial charge in [0, 0.05) is 0 Å². The molecule has 1 N–H and O–H groups in total. The first-order valence-electron chi connectivity index (χ1n) is 5.05. The van der Waals surface area contributed by atoms with Gasteiger partial charge >= 0.3 is 4.83 Å². The Balaban J connectivity index is 2.72. The molecule has 1 aliphatic rings. The lowest BCUT2D eigenvalue weighted by Crippen LogP contribution is -2.48. The van der Waals surface area contributed by atoms with Crippen LogP contribution in [0.15, 0.2) is 0 Å². The summed E-state index contributed by atoms with van der Waals surface area (Å²) in [4.78, 5) is -3.16. The second-order valence-electron chi connectivity index (χ2n) is 4.63. The van der Waals surface area contributed by atoms with Crippen LogP contribution in [0, 0.1) is 11.8 Å². The van der Waals surface area contributed by atoms with Gasteiger partial charge in [-0.05, 0) is 47.0 Å². The Kier molecular flexibility index (Phi) is 3.58. The molecular formula is C10H17BrF2O. The molecule has 0 heterocycles. The van der Waals surface area contributed by atoms with E-state index < -0.39 is 10.4 Å². The molecule has 0 aromatic rings. The second kappa shape index (κ2) is 4.05. The minimum absolute atomic E-state index is 0.189. The lowest BCUT2D eigenvalue weighted by molar-refractivity contribution is -0.147. The van der Waals surface area contributed by atoms with Crippen molar-refractivity contribution in [3.63, 3.8) is 0 Å². The van der Waals surface area contributed by atoms with E-state index in [0.29, 0.717) is 12.3 Å². The molecule has 2 unspecified atom stereocenters. The molecule has 4 heteroatoms. The van der Waals surface area contributed by atoms with E-state index in [0.717, 1.165) is 6.42 Å². The summed E-state index contributed by atoms with van der Waals surface area (Å²) in [5.74, 6) is 0.564. The van der Waals surface area contributed by atoms with Gasteiger partial charge < -0.3 is 5.11 Å².